The monoisotopic (exact) mass is 181 g/mol. The summed E-state index contributed by atoms with van der Waals surface area (Å²) in [4.78, 5) is 15.1. The van der Waals surface area contributed by atoms with Crippen molar-refractivity contribution in [3.63, 3.8) is 0 Å². The second kappa shape index (κ2) is 2.54. The molecule has 0 radical (unpaired) electrons. The van der Waals surface area contributed by atoms with Crippen molar-refractivity contribution in [1.82, 2.24) is 25.2 Å². The Hall–Kier alpha value is -1.92. The quantitative estimate of drug-likeness (QED) is 0.644. The number of aromatic amines is 1. The Labute approximate surface area is 72.4 Å². The van der Waals surface area contributed by atoms with Gasteiger partial charge in [0, 0.05) is 6.92 Å². The Kier molecular flexibility index (Phi) is 1.51. The molecule has 13 heavy (non-hydrogen) atoms. The molecule has 0 aromatic carbocycles. The molecule has 2 aromatic rings. The lowest BCUT2D eigenvalue weighted by Gasteiger charge is -1.89. The van der Waals surface area contributed by atoms with E-state index in [0.29, 0.717) is 17.5 Å². The highest BCUT2D eigenvalue weighted by Gasteiger charge is 2.12. The van der Waals surface area contributed by atoms with E-state index in [1.165, 1.54) is 0 Å². The fourth-order valence-electron chi connectivity index (χ4n) is 1.05. The third kappa shape index (κ3) is 1.13. The van der Waals surface area contributed by atoms with Crippen LogP contribution in [0.3, 0.4) is 0 Å². The number of nitrogens with zero attached hydrogens (tertiary/aromatic N) is 4. The van der Waals surface area contributed by atoms with Crippen LogP contribution in [0.15, 0.2) is 9.21 Å². The van der Waals surface area contributed by atoms with Crippen molar-refractivity contribution < 1.29 is 4.42 Å². The van der Waals surface area contributed by atoms with Crippen molar-refractivity contribution in [2.24, 2.45) is 0 Å². The van der Waals surface area contributed by atoms with E-state index in [9.17, 15) is 4.79 Å². The summed E-state index contributed by atoms with van der Waals surface area (Å²) in [6.45, 7) is 3.40. The molecule has 0 saturated heterocycles. The fraction of sp³-hybridized carbons (Fsp3) is 0.333. The van der Waals surface area contributed by atoms with Crippen LogP contribution in [0.25, 0.3) is 5.82 Å². The molecule has 7 nitrogen and oxygen atoms in total. The molecule has 0 saturated carbocycles. The number of oxazole rings is 1. The Bertz CT molecular complexity index is 479. The van der Waals surface area contributed by atoms with Gasteiger partial charge < -0.3 is 4.42 Å². The first kappa shape index (κ1) is 7.71. The standard InChI is InChI=1S/C6H7N5O2/c1-3-5(7-4(2)13-3)11-6(12)8-9-10-11/h1-2H3,(H,8,10,12). The molecule has 0 aliphatic carbocycles. The van der Waals surface area contributed by atoms with Crippen LogP contribution in [0.4, 0.5) is 0 Å². The molecule has 0 aliphatic rings. The van der Waals surface area contributed by atoms with Gasteiger partial charge in [0.15, 0.2) is 5.89 Å². The van der Waals surface area contributed by atoms with Crippen molar-refractivity contribution in [2.75, 3.05) is 0 Å². The van der Waals surface area contributed by atoms with Gasteiger partial charge in [0.05, 0.1) is 0 Å². The van der Waals surface area contributed by atoms with Gasteiger partial charge in [-0.25, -0.2) is 9.89 Å². The molecule has 2 aromatic heterocycles. The third-order valence-corrected chi connectivity index (χ3v) is 1.55. The first-order valence-electron chi connectivity index (χ1n) is 3.63. The maximum Gasteiger partial charge on any atom is 0.367 e. The minimum absolute atomic E-state index is 0.372. The van der Waals surface area contributed by atoms with Gasteiger partial charge in [0.25, 0.3) is 0 Å². The lowest BCUT2D eigenvalue weighted by atomic mass is 10.5. The van der Waals surface area contributed by atoms with Crippen LogP contribution in [0.1, 0.15) is 11.7 Å². The van der Waals surface area contributed by atoms with Crippen LogP contribution in [0.5, 0.6) is 0 Å². The zero-order chi connectivity index (χ0) is 9.42. The van der Waals surface area contributed by atoms with Crippen LogP contribution in [-0.2, 0) is 0 Å². The minimum atomic E-state index is -0.434. The Morgan fingerprint density at radius 1 is 1.46 bits per heavy atom. The minimum Gasteiger partial charge on any atom is -0.444 e. The van der Waals surface area contributed by atoms with Crippen LogP contribution in [0.2, 0.25) is 0 Å². The number of rotatable bonds is 1. The lowest BCUT2D eigenvalue weighted by Crippen LogP contribution is -2.17. The fourth-order valence-corrected chi connectivity index (χ4v) is 1.05. The van der Waals surface area contributed by atoms with E-state index in [1.54, 1.807) is 13.8 Å². The second-order valence-electron chi connectivity index (χ2n) is 2.53. The summed E-state index contributed by atoms with van der Waals surface area (Å²) < 4.78 is 6.19. The van der Waals surface area contributed by atoms with Gasteiger partial charge in [-0.05, 0) is 17.4 Å². The molecule has 0 spiro atoms. The van der Waals surface area contributed by atoms with Crippen LogP contribution < -0.4 is 5.69 Å². The number of hydrogen-bond acceptors (Lipinski definition) is 5. The average molecular weight is 181 g/mol. The first-order valence-corrected chi connectivity index (χ1v) is 3.63. The Balaban J connectivity index is 2.65. The lowest BCUT2D eigenvalue weighted by molar-refractivity contribution is 0.493. The van der Waals surface area contributed by atoms with Crippen LogP contribution >= 0.6 is 0 Å². The SMILES string of the molecule is Cc1nc(-n2nn[nH]c2=O)c(C)o1. The number of hydrogen-bond donors (Lipinski definition) is 1. The smallest absolute Gasteiger partial charge is 0.367 e. The first-order chi connectivity index (χ1) is 6.18. The summed E-state index contributed by atoms with van der Waals surface area (Å²) in [5.74, 6) is 1.40. The Morgan fingerprint density at radius 2 is 2.23 bits per heavy atom. The van der Waals surface area contributed by atoms with Gasteiger partial charge in [-0.2, -0.15) is 4.98 Å². The number of tetrazole rings is 1. The van der Waals surface area contributed by atoms with Crippen molar-refractivity contribution in [1.29, 1.82) is 0 Å². The molecule has 0 bridgehead atoms. The molecule has 0 fully saturated rings. The summed E-state index contributed by atoms with van der Waals surface area (Å²) in [5.41, 5.74) is -0.434. The molecule has 7 heteroatoms. The summed E-state index contributed by atoms with van der Waals surface area (Å²) >= 11 is 0. The number of H-pyrrole nitrogens is 1. The summed E-state index contributed by atoms with van der Waals surface area (Å²) in [6, 6.07) is 0. The van der Waals surface area contributed by atoms with Crippen molar-refractivity contribution in [3.8, 4) is 5.82 Å². The van der Waals surface area contributed by atoms with Crippen molar-refractivity contribution in [2.45, 2.75) is 13.8 Å². The molecule has 0 amide bonds. The van der Waals surface area contributed by atoms with Gasteiger partial charge in [-0.15, -0.1) is 4.68 Å². The predicted octanol–water partition coefficient (Wildman–Crippen LogP) is -0.440. The van der Waals surface area contributed by atoms with Gasteiger partial charge >= 0.3 is 5.69 Å². The highest BCUT2D eigenvalue weighted by atomic mass is 16.4. The summed E-state index contributed by atoms with van der Waals surface area (Å²) in [7, 11) is 0. The van der Waals surface area contributed by atoms with Crippen LogP contribution in [-0.4, -0.2) is 25.2 Å². The zero-order valence-corrected chi connectivity index (χ0v) is 7.11. The summed E-state index contributed by atoms with van der Waals surface area (Å²) in [5, 5.41) is 9.05. The summed E-state index contributed by atoms with van der Waals surface area (Å²) in [6.07, 6.45) is 0. The third-order valence-electron chi connectivity index (χ3n) is 1.55. The Morgan fingerprint density at radius 3 is 2.69 bits per heavy atom. The number of aromatic nitrogens is 5. The molecule has 0 aliphatic heterocycles. The second-order valence-corrected chi connectivity index (χ2v) is 2.53. The van der Waals surface area contributed by atoms with E-state index in [2.05, 4.69) is 20.5 Å². The highest BCUT2D eigenvalue weighted by molar-refractivity contribution is 5.23. The molecule has 2 heterocycles. The predicted molar refractivity (Wildman–Crippen MR) is 41.5 cm³/mol. The van der Waals surface area contributed by atoms with E-state index < -0.39 is 5.69 Å². The van der Waals surface area contributed by atoms with E-state index in [-0.39, 0.29) is 0 Å². The van der Waals surface area contributed by atoms with Crippen molar-refractivity contribution in [3.05, 3.63) is 22.1 Å². The van der Waals surface area contributed by atoms with Crippen LogP contribution in [0, 0.1) is 13.8 Å². The van der Waals surface area contributed by atoms with E-state index in [4.69, 9.17) is 4.42 Å². The van der Waals surface area contributed by atoms with Gasteiger partial charge in [0.2, 0.25) is 5.82 Å². The van der Waals surface area contributed by atoms with E-state index in [1.807, 2.05) is 0 Å². The zero-order valence-electron chi connectivity index (χ0n) is 7.11. The van der Waals surface area contributed by atoms with Crippen molar-refractivity contribution >= 4 is 0 Å². The van der Waals surface area contributed by atoms with E-state index >= 15 is 0 Å². The molecule has 2 rings (SSSR count). The van der Waals surface area contributed by atoms with E-state index in [0.717, 1.165) is 4.68 Å². The molecule has 0 atom stereocenters. The normalized spacial score (nSPS) is 10.6. The van der Waals surface area contributed by atoms with Gasteiger partial charge in [-0.3, -0.25) is 0 Å². The van der Waals surface area contributed by atoms with Gasteiger partial charge in [-0.1, -0.05) is 0 Å². The average Bonchev–Trinajstić information content (AvgIpc) is 2.58. The molecular weight excluding hydrogens is 174 g/mol. The molecule has 1 N–H and O–H groups in total. The maximum atomic E-state index is 11.1. The molecular formula is C6H7N5O2. The molecule has 0 unspecified atom stereocenters. The topological polar surface area (TPSA) is 89.6 Å². The largest absolute Gasteiger partial charge is 0.444 e. The number of aryl methyl sites for hydroxylation is 2. The molecule has 68 valence electrons. The maximum absolute atomic E-state index is 11.1. The highest BCUT2D eigenvalue weighted by Crippen LogP contribution is 2.10. The van der Waals surface area contributed by atoms with Gasteiger partial charge in [0.1, 0.15) is 5.76 Å². The number of nitrogens with one attached hydrogen (secondary N) is 1.